The van der Waals surface area contributed by atoms with E-state index in [1.807, 2.05) is 0 Å². The summed E-state index contributed by atoms with van der Waals surface area (Å²) in [6.07, 6.45) is 1.44. The number of nitrogens with zero attached hydrogens (tertiary/aromatic N) is 2. The number of aryl methyl sites for hydroxylation is 1. The predicted molar refractivity (Wildman–Crippen MR) is 69.7 cm³/mol. The van der Waals surface area contributed by atoms with Gasteiger partial charge in [-0.3, -0.25) is 4.79 Å². The summed E-state index contributed by atoms with van der Waals surface area (Å²) in [6, 6.07) is 3.52. The standard InChI is InChI=1S/C14H10F2N2O3/c1-7-8(2-3-21-7)14-17-11-4-9(15)10(16)5-12(11)18(14)6-13(19)20/h2-5H,6H2,1H3,(H,19,20). The van der Waals surface area contributed by atoms with Crippen molar-refractivity contribution in [3.8, 4) is 11.4 Å². The first-order valence-corrected chi connectivity index (χ1v) is 6.09. The zero-order valence-corrected chi connectivity index (χ0v) is 10.9. The average Bonchev–Trinajstić information content (AvgIpc) is 2.95. The van der Waals surface area contributed by atoms with Crippen molar-refractivity contribution in [3.05, 3.63) is 41.9 Å². The summed E-state index contributed by atoms with van der Waals surface area (Å²) >= 11 is 0. The number of benzene rings is 1. The van der Waals surface area contributed by atoms with E-state index < -0.39 is 24.1 Å². The summed E-state index contributed by atoms with van der Waals surface area (Å²) < 4.78 is 33.2. The number of carboxylic acid groups (broad SMARTS) is 1. The number of rotatable bonds is 3. The molecule has 0 fully saturated rings. The van der Waals surface area contributed by atoms with Gasteiger partial charge < -0.3 is 14.1 Å². The van der Waals surface area contributed by atoms with Crippen molar-refractivity contribution in [3.63, 3.8) is 0 Å². The highest BCUT2D eigenvalue weighted by molar-refractivity contribution is 5.83. The third-order valence-electron chi connectivity index (χ3n) is 3.18. The maximum atomic E-state index is 13.4. The molecule has 108 valence electrons. The fourth-order valence-electron chi connectivity index (χ4n) is 2.24. The van der Waals surface area contributed by atoms with Crippen LogP contribution in [-0.2, 0) is 11.3 Å². The lowest BCUT2D eigenvalue weighted by Gasteiger charge is -2.05. The van der Waals surface area contributed by atoms with Gasteiger partial charge in [0.25, 0.3) is 0 Å². The molecule has 2 heterocycles. The van der Waals surface area contributed by atoms with E-state index in [-0.39, 0.29) is 11.0 Å². The minimum Gasteiger partial charge on any atom is -0.480 e. The predicted octanol–water partition coefficient (Wildman–Crippen LogP) is 2.97. The molecule has 0 unspecified atom stereocenters. The third kappa shape index (κ3) is 2.16. The van der Waals surface area contributed by atoms with Gasteiger partial charge in [0, 0.05) is 12.1 Å². The number of hydrogen-bond acceptors (Lipinski definition) is 3. The molecule has 3 rings (SSSR count). The molecule has 7 heteroatoms. The fraction of sp³-hybridized carbons (Fsp3) is 0.143. The molecule has 0 aliphatic carbocycles. The molecule has 0 saturated carbocycles. The minimum atomic E-state index is -1.11. The quantitative estimate of drug-likeness (QED) is 0.805. The Balaban J connectivity index is 2.33. The van der Waals surface area contributed by atoms with Gasteiger partial charge >= 0.3 is 5.97 Å². The SMILES string of the molecule is Cc1occc1-c1nc2cc(F)c(F)cc2n1CC(=O)O. The Labute approximate surface area is 117 Å². The molecule has 2 aromatic heterocycles. The highest BCUT2D eigenvalue weighted by Gasteiger charge is 2.19. The van der Waals surface area contributed by atoms with Crippen LogP contribution < -0.4 is 0 Å². The van der Waals surface area contributed by atoms with Crippen LogP contribution in [-0.4, -0.2) is 20.6 Å². The van der Waals surface area contributed by atoms with E-state index in [0.717, 1.165) is 12.1 Å². The number of aromatic nitrogens is 2. The maximum Gasteiger partial charge on any atom is 0.323 e. The molecule has 0 aliphatic rings. The second kappa shape index (κ2) is 4.69. The Hall–Kier alpha value is -2.70. The van der Waals surface area contributed by atoms with Crippen LogP contribution in [0, 0.1) is 18.6 Å². The maximum absolute atomic E-state index is 13.4. The first-order valence-electron chi connectivity index (χ1n) is 6.09. The Morgan fingerprint density at radius 1 is 1.38 bits per heavy atom. The zero-order valence-electron chi connectivity index (χ0n) is 10.9. The molecule has 21 heavy (non-hydrogen) atoms. The molecule has 0 aliphatic heterocycles. The molecule has 0 radical (unpaired) electrons. The Morgan fingerprint density at radius 3 is 2.71 bits per heavy atom. The fourth-order valence-corrected chi connectivity index (χ4v) is 2.24. The van der Waals surface area contributed by atoms with Gasteiger partial charge in [-0.2, -0.15) is 0 Å². The van der Waals surface area contributed by atoms with Gasteiger partial charge in [-0.25, -0.2) is 13.8 Å². The lowest BCUT2D eigenvalue weighted by Crippen LogP contribution is -2.10. The number of furan rings is 1. The molecule has 5 nitrogen and oxygen atoms in total. The van der Waals surface area contributed by atoms with Crippen molar-refractivity contribution in [1.82, 2.24) is 9.55 Å². The van der Waals surface area contributed by atoms with Crippen molar-refractivity contribution < 1.29 is 23.1 Å². The molecular formula is C14H10F2N2O3. The molecule has 0 bridgehead atoms. The van der Waals surface area contributed by atoms with Crippen LogP contribution in [0.2, 0.25) is 0 Å². The molecular weight excluding hydrogens is 282 g/mol. The summed E-state index contributed by atoms with van der Waals surface area (Å²) in [7, 11) is 0. The number of aliphatic carboxylic acids is 1. The van der Waals surface area contributed by atoms with Crippen molar-refractivity contribution in [2.45, 2.75) is 13.5 Å². The van der Waals surface area contributed by atoms with E-state index in [1.165, 1.54) is 10.8 Å². The molecule has 0 atom stereocenters. The zero-order chi connectivity index (χ0) is 15.1. The number of halogens is 2. The lowest BCUT2D eigenvalue weighted by molar-refractivity contribution is -0.137. The smallest absolute Gasteiger partial charge is 0.323 e. The highest BCUT2D eigenvalue weighted by Crippen LogP contribution is 2.29. The van der Waals surface area contributed by atoms with Gasteiger partial charge in [0.2, 0.25) is 0 Å². The van der Waals surface area contributed by atoms with Crippen LogP contribution >= 0.6 is 0 Å². The highest BCUT2D eigenvalue weighted by atomic mass is 19.2. The summed E-state index contributed by atoms with van der Waals surface area (Å²) in [5.41, 5.74) is 0.978. The van der Waals surface area contributed by atoms with E-state index in [9.17, 15) is 13.6 Å². The Bertz CT molecular complexity index is 851. The van der Waals surface area contributed by atoms with Crippen LogP contribution in [0.4, 0.5) is 8.78 Å². The second-order valence-electron chi connectivity index (χ2n) is 4.56. The molecule has 0 spiro atoms. The molecule has 3 aromatic rings. The largest absolute Gasteiger partial charge is 0.480 e. The topological polar surface area (TPSA) is 68.3 Å². The van der Waals surface area contributed by atoms with E-state index in [0.29, 0.717) is 17.1 Å². The summed E-state index contributed by atoms with van der Waals surface area (Å²) in [4.78, 5) is 15.2. The van der Waals surface area contributed by atoms with Crippen molar-refractivity contribution in [2.75, 3.05) is 0 Å². The van der Waals surface area contributed by atoms with Crippen molar-refractivity contribution in [1.29, 1.82) is 0 Å². The number of carboxylic acids is 1. The van der Waals surface area contributed by atoms with Crippen LogP contribution in [0.15, 0.2) is 28.9 Å². The number of imidazole rings is 1. The molecule has 0 saturated heterocycles. The lowest BCUT2D eigenvalue weighted by atomic mass is 10.2. The average molecular weight is 292 g/mol. The van der Waals surface area contributed by atoms with E-state index >= 15 is 0 Å². The molecule has 1 aromatic carbocycles. The van der Waals surface area contributed by atoms with Crippen LogP contribution in [0.5, 0.6) is 0 Å². The minimum absolute atomic E-state index is 0.186. The number of hydrogen-bond donors (Lipinski definition) is 1. The Morgan fingerprint density at radius 2 is 2.10 bits per heavy atom. The van der Waals surface area contributed by atoms with E-state index in [4.69, 9.17) is 9.52 Å². The van der Waals surface area contributed by atoms with Crippen LogP contribution in [0.1, 0.15) is 5.76 Å². The molecule has 0 amide bonds. The Kier molecular flexibility index (Phi) is 2.97. The summed E-state index contributed by atoms with van der Waals surface area (Å²) in [5.74, 6) is -2.36. The van der Waals surface area contributed by atoms with Crippen molar-refractivity contribution in [2.24, 2.45) is 0 Å². The monoisotopic (exact) mass is 292 g/mol. The number of carbonyl (C=O) groups is 1. The van der Waals surface area contributed by atoms with Crippen LogP contribution in [0.25, 0.3) is 22.4 Å². The third-order valence-corrected chi connectivity index (χ3v) is 3.18. The first kappa shape index (κ1) is 13.3. The van der Waals surface area contributed by atoms with Gasteiger partial charge in [0.05, 0.1) is 22.9 Å². The van der Waals surface area contributed by atoms with Gasteiger partial charge in [-0.05, 0) is 13.0 Å². The van der Waals surface area contributed by atoms with Gasteiger partial charge in [0.1, 0.15) is 18.1 Å². The van der Waals surface area contributed by atoms with Gasteiger partial charge in [-0.1, -0.05) is 0 Å². The summed E-state index contributed by atoms with van der Waals surface area (Å²) in [5, 5.41) is 9.02. The van der Waals surface area contributed by atoms with Gasteiger partial charge in [-0.15, -0.1) is 0 Å². The van der Waals surface area contributed by atoms with Crippen LogP contribution in [0.3, 0.4) is 0 Å². The molecule has 1 N–H and O–H groups in total. The second-order valence-corrected chi connectivity index (χ2v) is 4.56. The van der Waals surface area contributed by atoms with E-state index in [2.05, 4.69) is 4.98 Å². The van der Waals surface area contributed by atoms with Crippen molar-refractivity contribution >= 4 is 17.0 Å². The number of fused-ring (bicyclic) bond motifs is 1. The first-order chi connectivity index (χ1) is 9.97. The summed E-state index contributed by atoms with van der Waals surface area (Å²) in [6.45, 7) is 1.28. The van der Waals surface area contributed by atoms with E-state index in [1.54, 1.807) is 13.0 Å². The van der Waals surface area contributed by atoms with Gasteiger partial charge in [0.15, 0.2) is 11.6 Å². The normalized spacial score (nSPS) is 11.2.